The zero-order valence-corrected chi connectivity index (χ0v) is 18.3. The molecule has 3 rings (SSSR count). The van der Waals surface area contributed by atoms with E-state index in [4.69, 9.17) is 44.9 Å². The zero-order chi connectivity index (χ0) is 20.3. The number of carbonyl (C=O) groups excluding carboxylic acids is 1. The Labute approximate surface area is 183 Å². The average molecular weight is 454 g/mol. The molecule has 1 aliphatic heterocycles. The van der Waals surface area contributed by atoms with Gasteiger partial charge in [0, 0.05) is 16.6 Å². The standard InChI is InChI=1S/C20H17Cl2NO3S2/c1-25-16-6-3-12(9-17(16)26-2)7-8-23-19(24)18(28-20(23)27)10-13-4-5-14(21)11-15(13)22/h3-6,9-11H,7-8H2,1-2H3/b18-10-. The van der Waals surface area contributed by atoms with Crippen LogP contribution in [0.1, 0.15) is 11.1 Å². The lowest BCUT2D eigenvalue weighted by molar-refractivity contribution is -0.122. The second-order valence-electron chi connectivity index (χ2n) is 5.94. The molecule has 0 N–H and O–H groups in total. The van der Waals surface area contributed by atoms with Gasteiger partial charge in [-0.2, -0.15) is 0 Å². The summed E-state index contributed by atoms with van der Waals surface area (Å²) in [5, 5.41) is 1.03. The van der Waals surface area contributed by atoms with Crippen molar-refractivity contribution in [3.63, 3.8) is 0 Å². The van der Waals surface area contributed by atoms with Crippen molar-refractivity contribution < 1.29 is 14.3 Å². The van der Waals surface area contributed by atoms with Crippen LogP contribution in [-0.2, 0) is 11.2 Å². The fourth-order valence-corrected chi connectivity index (χ4v) is 4.49. The van der Waals surface area contributed by atoms with Crippen LogP contribution in [-0.4, -0.2) is 35.9 Å². The molecular weight excluding hydrogens is 437 g/mol. The van der Waals surface area contributed by atoms with Gasteiger partial charge in [-0.3, -0.25) is 9.69 Å². The second-order valence-corrected chi connectivity index (χ2v) is 8.46. The molecule has 1 amide bonds. The van der Waals surface area contributed by atoms with E-state index in [2.05, 4.69) is 0 Å². The van der Waals surface area contributed by atoms with Gasteiger partial charge < -0.3 is 9.47 Å². The highest BCUT2D eigenvalue weighted by atomic mass is 35.5. The molecule has 4 nitrogen and oxygen atoms in total. The van der Waals surface area contributed by atoms with Gasteiger partial charge in [0.1, 0.15) is 4.32 Å². The van der Waals surface area contributed by atoms with E-state index in [9.17, 15) is 4.79 Å². The van der Waals surface area contributed by atoms with E-state index < -0.39 is 0 Å². The first-order valence-electron chi connectivity index (χ1n) is 8.34. The van der Waals surface area contributed by atoms with Crippen LogP contribution < -0.4 is 9.47 Å². The van der Waals surface area contributed by atoms with E-state index in [0.29, 0.717) is 43.7 Å². The van der Waals surface area contributed by atoms with E-state index in [1.165, 1.54) is 11.8 Å². The molecule has 0 aliphatic carbocycles. The largest absolute Gasteiger partial charge is 0.493 e. The molecule has 1 heterocycles. The second kappa shape index (κ2) is 9.18. The molecule has 28 heavy (non-hydrogen) atoms. The Bertz CT molecular complexity index is 962. The van der Waals surface area contributed by atoms with Crippen molar-refractivity contribution in [1.29, 1.82) is 0 Å². The number of nitrogens with zero attached hydrogens (tertiary/aromatic N) is 1. The number of ether oxygens (including phenoxy) is 2. The Morgan fingerprint density at radius 1 is 1.11 bits per heavy atom. The lowest BCUT2D eigenvalue weighted by atomic mass is 10.1. The van der Waals surface area contributed by atoms with Gasteiger partial charge in [0.15, 0.2) is 11.5 Å². The van der Waals surface area contributed by atoms with Gasteiger partial charge in [0.05, 0.1) is 19.1 Å². The maximum atomic E-state index is 12.8. The van der Waals surface area contributed by atoms with Gasteiger partial charge >= 0.3 is 0 Å². The number of carbonyl (C=O) groups is 1. The molecule has 1 aliphatic rings. The summed E-state index contributed by atoms with van der Waals surface area (Å²) in [5.41, 5.74) is 1.75. The van der Waals surface area contributed by atoms with Crippen LogP contribution in [0.5, 0.6) is 11.5 Å². The number of thioether (sulfide) groups is 1. The Hall–Kier alpha value is -1.73. The number of methoxy groups -OCH3 is 2. The minimum Gasteiger partial charge on any atom is -0.493 e. The van der Waals surface area contributed by atoms with E-state index in [1.54, 1.807) is 43.4 Å². The lowest BCUT2D eigenvalue weighted by Gasteiger charge is -2.15. The third-order valence-corrected chi connectivity index (χ3v) is 6.13. The molecular formula is C20H17Cl2NO3S2. The van der Waals surface area contributed by atoms with Gasteiger partial charge in [-0.1, -0.05) is 59.3 Å². The molecule has 0 atom stereocenters. The molecule has 2 aromatic carbocycles. The summed E-state index contributed by atoms with van der Waals surface area (Å²) in [6.45, 7) is 0.478. The van der Waals surface area contributed by atoms with Crippen molar-refractivity contribution in [3.05, 3.63) is 62.5 Å². The fraction of sp³-hybridized carbons (Fsp3) is 0.200. The molecule has 146 valence electrons. The molecule has 0 saturated carbocycles. The fourth-order valence-electron chi connectivity index (χ4n) is 2.73. The first-order valence-corrected chi connectivity index (χ1v) is 10.3. The minimum atomic E-state index is -0.124. The van der Waals surface area contributed by atoms with Gasteiger partial charge in [0.25, 0.3) is 5.91 Å². The number of halogens is 2. The quantitative estimate of drug-likeness (QED) is 0.429. The molecule has 2 aromatic rings. The predicted octanol–water partition coefficient (Wildman–Crippen LogP) is 5.45. The highest BCUT2D eigenvalue weighted by Crippen LogP contribution is 2.35. The number of benzene rings is 2. The number of hydrogen-bond acceptors (Lipinski definition) is 5. The summed E-state index contributed by atoms with van der Waals surface area (Å²) in [6.07, 6.45) is 2.39. The normalized spacial score (nSPS) is 15.4. The van der Waals surface area contributed by atoms with Crippen molar-refractivity contribution >= 4 is 63.5 Å². The Morgan fingerprint density at radius 2 is 1.86 bits per heavy atom. The number of rotatable bonds is 6. The molecule has 0 spiro atoms. The highest BCUT2D eigenvalue weighted by molar-refractivity contribution is 8.26. The van der Waals surface area contributed by atoms with Crippen LogP contribution in [0, 0.1) is 0 Å². The van der Waals surface area contributed by atoms with Crippen LogP contribution in [0.3, 0.4) is 0 Å². The third-order valence-electron chi connectivity index (χ3n) is 4.19. The van der Waals surface area contributed by atoms with Crippen LogP contribution in [0.2, 0.25) is 10.0 Å². The minimum absolute atomic E-state index is 0.124. The van der Waals surface area contributed by atoms with E-state index >= 15 is 0 Å². The van der Waals surface area contributed by atoms with Crippen molar-refractivity contribution in [1.82, 2.24) is 4.90 Å². The SMILES string of the molecule is COc1ccc(CCN2C(=O)/C(=C/c3ccc(Cl)cc3Cl)SC2=S)cc1OC. The molecule has 8 heteroatoms. The van der Waals surface area contributed by atoms with Gasteiger partial charge in [0.2, 0.25) is 0 Å². The zero-order valence-electron chi connectivity index (χ0n) is 15.2. The molecule has 0 radical (unpaired) electrons. The van der Waals surface area contributed by atoms with Gasteiger partial charge in [-0.15, -0.1) is 0 Å². The summed E-state index contributed by atoms with van der Waals surface area (Å²) in [7, 11) is 3.19. The summed E-state index contributed by atoms with van der Waals surface area (Å²) in [4.78, 5) is 14.9. The molecule has 0 bridgehead atoms. The van der Waals surface area contributed by atoms with Crippen LogP contribution in [0.25, 0.3) is 6.08 Å². The Balaban J connectivity index is 1.73. The first kappa shape index (κ1) is 21.0. The maximum Gasteiger partial charge on any atom is 0.266 e. The van der Waals surface area contributed by atoms with E-state index in [0.717, 1.165) is 11.1 Å². The summed E-state index contributed by atoms with van der Waals surface area (Å²) < 4.78 is 11.1. The van der Waals surface area contributed by atoms with E-state index in [-0.39, 0.29) is 5.91 Å². The molecule has 0 aromatic heterocycles. The number of amides is 1. The van der Waals surface area contributed by atoms with Crippen LogP contribution in [0.4, 0.5) is 0 Å². The lowest BCUT2D eigenvalue weighted by Crippen LogP contribution is -2.30. The predicted molar refractivity (Wildman–Crippen MR) is 120 cm³/mol. The monoisotopic (exact) mass is 453 g/mol. The number of thiocarbonyl (C=S) groups is 1. The maximum absolute atomic E-state index is 12.8. The van der Waals surface area contributed by atoms with Gasteiger partial charge in [-0.05, 0) is 47.9 Å². The summed E-state index contributed by atoms with van der Waals surface area (Å²) in [5.74, 6) is 1.20. The Morgan fingerprint density at radius 3 is 2.54 bits per heavy atom. The molecule has 0 unspecified atom stereocenters. The van der Waals surface area contributed by atoms with Crippen LogP contribution in [0.15, 0.2) is 41.3 Å². The first-order chi connectivity index (χ1) is 13.4. The van der Waals surface area contributed by atoms with Crippen molar-refractivity contribution in [2.24, 2.45) is 0 Å². The van der Waals surface area contributed by atoms with Crippen molar-refractivity contribution in [2.45, 2.75) is 6.42 Å². The molecule has 1 fully saturated rings. The third kappa shape index (κ3) is 4.63. The van der Waals surface area contributed by atoms with Crippen molar-refractivity contribution in [2.75, 3.05) is 20.8 Å². The Kier molecular flexibility index (Phi) is 6.88. The summed E-state index contributed by atoms with van der Waals surface area (Å²) in [6, 6.07) is 10.9. The average Bonchev–Trinajstić information content (AvgIpc) is 2.95. The smallest absolute Gasteiger partial charge is 0.266 e. The van der Waals surface area contributed by atoms with Crippen LogP contribution >= 0.6 is 47.2 Å². The topological polar surface area (TPSA) is 38.8 Å². The van der Waals surface area contributed by atoms with E-state index in [1.807, 2.05) is 18.2 Å². The molecule has 1 saturated heterocycles. The van der Waals surface area contributed by atoms with Gasteiger partial charge in [-0.25, -0.2) is 0 Å². The highest BCUT2D eigenvalue weighted by Gasteiger charge is 2.31. The summed E-state index contributed by atoms with van der Waals surface area (Å²) >= 11 is 18.8. The van der Waals surface area contributed by atoms with Crippen molar-refractivity contribution in [3.8, 4) is 11.5 Å². The number of hydrogen-bond donors (Lipinski definition) is 0.